The van der Waals surface area contributed by atoms with E-state index in [9.17, 15) is 4.79 Å². The molecule has 0 aliphatic rings. The average molecular weight is 464 g/mol. The van der Waals surface area contributed by atoms with Crippen molar-refractivity contribution < 1.29 is 19.0 Å². The molecule has 0 spiro atoms. The Hall–Kier alpha value is -2.75. The van der Waals surface area contributed by atoms with Crippen molar-refractivity contribution in [2.75, 3.05) is 24.4 Å². The van der Waals surface area contributed by atoms with Gasteiger partial charge in [0.25, 0.3) is 0 Å². The molecule has 2 aromatic rings. The molecule has 0 fully saturated rings. The molecule has 0 saturated heterocycles. The van der Waals surface area contributed by atoms with Gasteiger partial charge >= 0.3 is 5.13 Å². The van der Waals surface area contributed by atoms with Crippen LogP contribution in [-0.4, -0.2) is 37.3 Å². The second-order valence-corrected chi connectivity index (χ2v) is 8.88. The second-order valence-electron chi connectivity index (χ2n) is 7.94. The van der Waals surface area contributed by atoms with Crippen molar-refractivity contribution >= 4 is 38.9 Å². The number of nitrogens with one attached hydrogen (secondary N) is 1. The lowest BCUT2D eigenvalue weighted by Crippen LogP contribution is -2.40. The minimum absolute atomic E-state index is 0.212. The molecule has 1 heterocycles. The molecule has 2 rings (SSSR count). The van der Waals surface area contributed by atoms with Crippen molar-refractivity contribution in [3.63, 3.8) is 0 Å². The number of aryl methyl sites for hydroxylation is 1. The first-order valence-corrected chi connectivity index (χ1v) is 11.7. The summed E-state index contributed by atoms with van der Waals surface area (Å²) >= 11 is 1.51. The molecule has 0 aliphatic carbocycles. The molecule has 0 unspecified atom stereocenters. The lowest BCUT2D eigenvalue weighted by Gasteiger charge is -2.29. The van der Waals surface area contributed by atoms with Crippen molar-refractivity contribution in [2.24, 2.45) is 10.2 Å². The summed E-state index contributed by atoms with van der Waals surface area (Å²) in [7, 11) is 3.10. The molecular weight excluding hydrogens is 428 g/mol. The Morgan fingerprint density at radius 1 is 1.16 bits per heavy atom. The SMILES string of the molecule is CCCC[n+]1nc(N(C(C)C)C(C)C)sc1N=Nc1cc(OC)c(OC)cc1NC(C)=O. The maximum absolute atomic E-state index is 11.7. The van der Waals surface area contributed by atoms with Gasteiger partial charge in [0.05, 0.1) is 25.0 Å². The molecule has 0 bridgehead atoms. The third kappa shape index (κ3) is 6.38. The molecule has 0 saturated carbocycles. The van der Waals surface area contributed by atoms with Crippen molar-refractivity contribution in [3.05, 3.63) is 12.1 Å². The summed E-state index contributed by atoms with van der Waals surface area (Å²) in [6.07, 6.45) is 2.05. The fraction of sp³-hybridized carbons (Fsp3) is 0.591. The molecule has 1 amide bonds. The number of ether oxygens (including phenoxy) is 2. The van der Waals surface area contributed by atoms with Gasteiger partial charge in [0.2, 0.25) is 11.0 Å². The summed E-state index contributed by atoms with van der Waals surface area (Å²) in [5.41, 5.74) is 0.967. The van der Waals surface area contributed by atoms with Gasteiger partial charge in [0, 0.05) is 31.1 Å². The number of hydrogen-bond acceptors (Lipinski definition) is 8. The van der Waals surface area contributed by atoms with Gasteiger partial charge in [-0.3, -0.25) is 4.79 Å². The van der Waals surface area contributed by atoms with E-state index in [2.05, 4.69) is 55.1 Å². The number of hydrogen-bond donors (Lipinski definition) is 1. The van der Waals surface area contributed by atoms with Gasteiger partial charge in [0.15, 0.2) is 11.5 Å². The van der Waals surface area contributed by atoms with Gasteiger partial charge in [-0.15, -0.1) is 4.68 Å². The third-order valence-corrected chi connectivity index (χ3v) is 5.67. The van der Waals surface area contributed by atoms with Crippen LogP contribution in [0.4, 0.5) is 21.6 Å². The number of azo groups is 1. The fourth-order valence-corrected chi connectivity index (χ4v) is 4.45. The molecule has 1 aromatic heterocycles. The fourth-order valence-electron chi connectivity index (χ4n) is 3.31. The third-order valence-electron chi connectivity index (χ3n) is 4.72. The zero-order valence-corrected chi connectivity index (χ0v) is 21.1. The number of nitrogens with zero attached hydrogens (tertiary/aromatic N) is 5. The maximum atomic E-state index is 11.7. The molecule has 9 nitrogen and oxygen atoms in total. The maximum Gasteiger partial charge on any atom is 0.432 e. The Morgan fingerprint density at radius 2 is 1.78 bits per heavy atom. The summed E-state index contributed by atoms with van der Waals surface area (Å²) < 4.78 is 12.6. The number of amides is 1. The summed E-state index contributed by atoms with van der Waals surface area (Å²) in [5.74, 6) is 0.791. The Bertz CT molecular complexity index is 934. The molecule has 176 valence electrons. The molecule has 0 aliphatic heterocycles. The zero-order valence-electron chi connectivity index (χ0n) is 20.3. The van der Waals surface area contributed by atoms with Crippen LogP contribution < -0.4 is 24.4 Å². The summed E-state index contributed by atoms with van der Waals surface area (Å²) in [5, 5.41) is 18.2. The van der Waals surface area contributed by atoms with Gasteiger partial charge in [0.1, 0.15) is 12.2 Å². The van der Waals surface area contributed by atoms with Gasteiger partial charge < -0.3 is 19.7 Å². The smallest absolute Gasteiger partial charge is 0.432 e. The molecule has 0 radical (unpaired) electrons. The quantitative estimate of drug-likeness (QED) is 0.363. The van der Waals surface area contributed by atoms with Crippen molar-refractivity contribution in [1.29, 1.82) is 0 Å². The van der Waals surface area contributed by atoms with E-state index in [-0.39, 0.29) is 5.91 Å². The highest BCUT2D eigenvalue weighted by molar-refractivity contribution is 7.18. The van der Waals surface area contributed by atoms with Crippen LogP contribution in [0, 0.1) is 0 Å². The van der Waals surface area contributed by atoms with Crippen LogP contribution in [0.1, 0.15) is 54.4 Å². The van der Waals surface area contributed by atoms with Crippen molar-refractivity contribution in [2.45, 2.75) is 73.0 Å². The minimum Gasteiger partial charge on any atom is -0.493 e. The highest BCUT2D eigenvalue weighted by Crippen LogP contribution is 2.39. The first-order chi connectivity index (χ1) is 15.2. The predicted octanol–water partition coefficient (Wildman–Crippen LogP) is 5.24. The topological polar surface area (TPSA) is 92.3 Å². The number of carbonyl (C=O) groups is 1. The number of rotatable bonds is 11. The van der Waals surface area contributed by atoms with Crippen molar-refractivity contribution in [1.82, 2.24) is 5.10 Å². The number of benzene rings is 1. The molecule has 10 heteroatoms. The predicted molar refractivity (Wildman–Crippen MR) is 128 cm³/mol. The monoisotopic (exact) mass is 463 g/mol. The Labute approximate surface area is 194 Å². The van der Waals surface area contributed by atoms with Gasteiger partial charge in [-0.1, -0.05) is 18.4 Å². The van der Waals surface area contributed by atoms with E-state index in [1.54, 1.807) is 26.4 Å². The summed E-state index contributed by atoms with van der Waals surface area (Å²) in [4.78, 5) is 14.0. The number of aromatic nitrogens is 2. The molecule has 0 atom stereocenters. The van der Waals surface area contributed by atoms with Crippen LogP contribution in [0.15, 0.2) is 22.4 Å². The van der Waals surface area contributed by atoms with Crippen LogP contribution in [0.2, 0.25) is 0 Å². The Kier molecular flexibility index (Phi) is 9.37. The highest BCUT2D eigenvalue weighted by Gasteiger charge is 2.26. The van der Waals surface area contributed by atoms with E-state index in [0.717, 1.165) is 24.5 Å². The number of carbonyl (C=O) groups excluding carboxylic acids is 1. The average Bonchev–Trinajstić information content (AvgIpc) is 3.11. The van der Waals surface area contributed by atoms with Gasteiger partial charge in [-0.05, 0) is 50.6 Å². The summed E-state index contributed by atoms with van der Waals surface area (Å²) in [6, 6.07) is 3.99. The van der Waals surface area contributed by atoms with Crippen LogP contribution in [-0.2, 0) is 11.3 Å². The van der Waals surface area contributed by atoms with E-state index in [1.807, 2.05) is 4.68 Å². The lowest BCUT2D eigenvalue weighted by atomic mass is 10.2. The first-order valence-electron chi connectivity index (χ1n) is 10.9. The Balaban J connectivity index is 2.52. The molecular formula is C22H35N6O3S+. The molecule has 32 heavy (non-hydrogen) atoms. The van der Waals surface area contributed by atoms with E-state index in [1.165, 1.54) is 18.3 Å². The van der Waals surface area contributed by atoms with E-state index in [0.29, 0.717) is 40.1 Å². The number of methoxy groups -OCH3 is 2. The van der Waals surface area contributed by atoms with Crippen LogP contribution in [0.3, 0.4) is 0 Å². The molecule has 1 N–H and O–H groups in total. The summed E-state index contributed by atoms with van der Waals surface area (Å²) in [6.45, 7) is 13.0. The molecule has 1 aromatic carbocycles. The zero-order chi connectivity index (χ0) is 23.8. The van der Waals surface area contributed by atoms with E-state index >= 15 is 0 Å². The second kappa shape index (κ2) is 11.8. The Morgan fingerprint density at radius 3 is 2.31 bits per heavy atom. The van der Waals surface area contributed by atoms with Gasteiger partial charge in [-0.25, -0.2) is 0 Å². The minimum atomic E-state index is -0.212. The van der Waals surface area contributed by atoms with Crippen LogP contribution in [0.5, 0.6) is 11.5 Å². The number of anilines is 2. The lowest BCUT2D eigenvalue weighted by molar-refractivity contribution is -0.736. The van der Waals surface area contributed by atoms with Crippen LogP contribution in [0.25, 0.3) is 0 Å². The van der Waals surface area contributed by atoms with Gasteiger partial charge in [-0.2, -0.15) is 0 Å². The normalized spacial score (nSPS) is 11.4. The standard InChI is InChI=1S/C22H34N6O3S/c1-9-10-11-27-21(32-22(26-27)28(14(2)3)15(4)5)25-24-18-13-20(31-8)19(30-7)12-17(18)23-16(6)29/h12-15H,9-11H2,1-8H3/p+1. The van der Waals surface area contributed by atoms with Crippen molar-refractivity contribution in [3.8, 4) is 11.5 Å². The largest absolute Gasteiger partial charge is 0.493 e. The highest BCUT2D eigenvalue weighted by atomic mass is 32.1. The number of unbranched alkanes of at least 4 members (excludes halogenated alkanes) is 1. The van der Waals surface area contributed by atoms with Crippen LogP contribution >= 0.6 is 11.3 Å². The first kappa shape index (κ1) is 25.5. The van der Waals surface area contributed by atoms with E-state index in [4.69, 9.17) is 14.6 Å². The van der Waals surface area contributed by atoms with E-state index < -0.39 is 0 Å².